The van der Waals surface area contributed by atoms with E-state index in [4.69, 9.17) is 19.4 Å². The summed E-state index contributed by atoms with van der Waals surface area (Å²) in [6.45, 7) is 0.00879. The molecule has 0 N–H and O–H groups in total. The van der Waals surface area contributed by atoms with Gasteiger partial charge in [0, 0.05) is 17.6 Å². The molecule has 9 heteroatoms. The summed E-state index contributed by atoms with van der Waals surface area (Å²) in [7, 11) is 0. The van der Waals surface area contributed by atoms with E-state index in [1.807, 2.05) is 18.2 Å². The van der Waals surface area contributed by atoms with Gasteiger partial charge < -0.3 is 9.47 Å². The van der Waals surface area contributed by atoms with Crippen LogP contribution < -0.4 is 25.9 Å². The smallest absolute Gasteiger partial charge is 0.260 e. The van der Waals surface area contributed by atoms with Crippen LogP contribution in [0.2, 0.25) is 0 Å². The molecule has 246 valence electrons. The molecule has 0 saturated carbocycles. The Kier molecular flexibility index (Phi) is 5.05. The van der Waals surface area contributed by atoms with Crippen molar-refractivity contribution in [2.45, 2.75) is 0 Å². The lowest BCUT2D eigenvalue weighted by atomic mass is 9.35. The summed E-state index contributed by atoms with van der Waals surface area (Å²) in [5, 5.41) is 0. The van der Waals surface area contributed by atoms with E-state index >= 15 is 0 Å². The molecule has 8 nitrogen and oxygen atoms in total. The number of hydrogen-bond donors (Lipinski definition) is 0. The molecule has 0 fully saturated rings. The molecular weight excluding hydrogens is 655 g/mol. The standard InChI is InChI=1S/C44H25BN6O2/c1-9-22-37-27(12-1)45-28-13-2-10-23-38(28)53-40-25-26(24-39(52-37)41(40)45)48-31-16-5-6-17-32(31)51-36-21-11-20-35(42(36)47-44(48)51)50-34-19-8-7-18-33(34)49-30-15-4-3-14-29(30)46-43(49)50/h1-25H. The van der Waals surface area contributed by atoms with Crippen LogP contribution >= 0.6 is 0 Å². The van der Waals surface area contributed by atoms with Gasteiger partial charge in [0.1, 0.15) is 28.5 Å². The highest BCUT2D eigenvalue weighted by Crippen LogP contribution is 2.39. The highest BCUT2D eigenvalue weighted by molar-refractivity contribution is 6.98. The molecular formula is C44H25BN6O2. The summed E-state index contributed by atoms with van der Waals surface area (Å²) in [5.74, 6) is 4.95. The monoisotopic (exact) mass is 680 g/mol. The number of hydrogen-bond acceptors (Lipinski definition) is 4. The maximum atomic E-state index is 6.70. The molecule has 53 heavy (non-hydrogen) atoms. The van der Waals surface area contributed by atoms with Crippen LogP contribution in [0.4, 0.5) is 0 Å². The number of aromatic nitrogens is 6. The number of ether oxygens (including phenoxy) is 2. The minimum absolute atomic E-state index is 0.00879. The molecule has 13 rings (SSSR count). The fourth-order valence-electron chi connectivity index (χ4n) is 8.94. The number of nitrogens with zero attached hydrogens (tertiary/aromatic N) is 6. The molecule has 0 radical (unpaired) electrons. The Hall–Kier alpha value is -7.26. The molecule has 0 atom stereocenters. The van der Waals surface area contributed by atoms with Crippen LogP contribution in [0.15, 0.2) is 152 Å². The van der Waals surface area contributed by atoms with Crippen LogP contribution in [0.1, 0.15) is 0 Å². The van der Waals surface area contributed by atoms with E-state index in [-0.39, 0.29) is 6.71 Å². The minimum atomic E-state index is 0.00879. The summed E-state index contributed by atoms with van der Waals surface area (Å²) in [6.07, 6.45) is 0. The molecule has 0 spiro atoms. The van der Waals surface area contributed by atoms with Gasteiger partial charge in [0.15, 0.2) is 0 Å². The largest absolute Gasteiger partial charge is 0.458 e. The number of imidazole rings is 4. The first-order valence-electron chi connectivity index (χ1n) is 17.8. The third kappa shape index (κ3) is 3.46. The fourth-order valence-corrected chi connectivity index (χ4v) is 8.94. The Balaban J connectivity index is 1.10. The first-order chi connectivity index (χ1) is 26.3. The number of benzene rings is 7. The first-order valence-corrected chi connectivity index (χ1v) is 17.8. The van der Waals surface area contributed by atoms with Gasteiger partial charge in [0.2, 0.25) is 11.6 Å². The maximum absolute atomic E-state index is 6.70. The fraction of sp³-hybridized carbons (Fsp3) is 0. The summed E-state index contributed by atoms with van der Waals surface area (Å²) in [4.78, 5) is 10.7. The molecule has 0 bridgehead atoms. The van der Waals surface area contributed by atoms with Crippen LogP contribution in [0, 0.1) is 0 Å². The van der Waals surface area contributed by atoms with Gasteiger partial charge >= 0.3 is 0 Å². The zero-order chi connectivity index (χ0) is 34.4. The zero-order valence-corrected chi connectivity index (χ0v) is 28.0. The lowest BCUT2D eigenvalue weighted by molar-refractivity contribution is 0.464. The Labute approximate surface area is 301 Å². The van der Waals surface area contributed by atoms with Gasteiger partial charge in [-0.3, -0.25) is 17.9 Å². The van der Waals surface area contributed by atoms with Crippen LogP contribution in [-0.2, 0) is 0 Å². The van der Waals surface area contributed by atoms with Gasteiger partial charge in [0.25, 0.3) is 6.71 Å². The van der Waals surface area contributed by atoms with Crippen LogP contribution in [0.3, 0.4) is 0 Å². The first kappa shape index (κ1) is 27.5. The van der Waals surface area contributed by atoms with Crippen molar-refractivity contribution in [2.24, 2.45) is 0 Å². The normalized spacial score (nSPS) is 13.2. The van der Waals surface area contributed by atoms with Gasteiger partial charge in [-0.05, 0) is 71.6 Å². The third-order valence-corrected chi connectivity index (χ3v) is 11.1. The van der Waals surface area contributed by atoms with E-state index in [1.54, 1.807) is 0 Å². The van der Waals surface area contributed by atoms with Crippen molar-refractivity contribution in [3.8, 4) is 34.4 Å². The van der Waals surface area contributed by atoms with E-state index in [9.17, 15) is 0 Å². The Bertz CT molecular complexity index is 3320. The second-order valence-electron chi connectivity index (χ2n) is 13.8. The second kappa shape index (κ2) is 9.74. The topological polar surface area (TPSA) is 62.9 Å². The van der Waals surface area contributed by atoms with Gasteiger partial charge in [-0.1, -0.05) is 78.9 Å². The molecule has 4 aromatic heterocycles. The minimum Gasteiger partial charge on any atom is -0.458 e. The molecule has 2 aliphatic heterocycles. The van der Waals surface area contributed by atoms with Gasteiger partial charge in [-0.25, -0.2) is 9.97 Å². The van der Waals surface area contributed by atoms with Crippen molar-refractivity contribution in [2.75, 3.05) is 0 Å². The van der Waals surface area contributed by atoms with Crippen molar-refractivity contribution < 1.29 is 9.47 Å². The molecule has 0 unspecified atom stereocenters. The molecule has 2 aliphatic rings. The van der Waals surface area contributed by atoms with Crippen LogP contribution in [0.25, 0.3) is 67.1 Å². The molecule has 0 saturated heterocycles. The highest BCUT2D eigenvalue weighted by Gasteiger charge is 2.40. The Morgan fingerprint density at radius 3 is 1.66 bits per heavy atom. The van der Waals surface area contributed by atoms with Crippen molar-refractivity contribution >= 4 is 78.8 Å². The average Bonchev–Trinajstić information content (AvgIpc) is 3.94. The summed E-state index contributed by atoms with van der Waals surface area (Å²) >= 11 is 0. The van der Waals surface area contributed by atoms with Crippen LogP contribution in [0.5, 0.6) is 23.0 Å². The van der Waals surface area contributed by atoms with Crippen molar-refractivity contribution in [3.05, 3.63) is 152 Å². The van der Waals surface area contributed by atoms with E-state index in [0.717, 1.165) is 106 Å². The number of rotatable bonds is 2. The third-order valence-electron chi connectivity index (χ3n) is 11.1. The lowest BCUT2D eigenvalue weighted by Crippen LogP contribution is -2.57. The lowest BCUT2D eigenvalue weighted by Gasteiger charge is -2.33. The maximum Gasteiger partial charge on any atom is 0.260 e. The predicted octanol–water partition coefficient (Wildman–Crippen LogP) is 7.90. The average molecular weight is 681 g/mol. The van der Waals surface area contributed by atoms with E-state index in [1.165, 1.54) is 0 Å². The summed E-state index contributed by atoms with van der Waals surface area (Å²) in [6, 6.07) is 52.6. The quantitative estimate of drug-likeness (QED) is 0.174. The highest BCUT2D eigenvalue weighted by atomic mass is 16.5. The SMILES string of the molecule is c1ccc2c(c1)Oc1cc(-n3c4ccccc4n4c5cccc(-n6c7ccccc7n7c8ccccc8nc67)c5nc34)cc3c1B2c1ccccc1O3. The zero-order valence-electron chi connectivity index (χ0n) is 28.0. The number of fused-ring (bicyclic) bond motifs is 14. The van der Waals surface area contributed by atoms with Gasteiger partial charge in [0.05, 0.1) is 50.0 Å². The van der Waals surface area contributed by atoms with Crippen molar-refractivity contribution in [1.29, 1.82) is 0 Å². The molecule has 0 amide bonds. The molecule has 7 aromatic carbocycles. The van der Waals surface area contributed by atoms with E-state index in [2.05, 4.69) is 151 Å². The number of para-hydroxylation sites is 9. The Morgan fingerprint density at radius 1 is 0.434 bits per heavy atom. The second-order valence-corrected chi connectivity index (χ2v) is 13.8. The van der Waals surface area contributed by atoms with Crippen molar-refractivity contribution in [1.82, 2.24) is 27.9 Å². The predicted molar refractivity (Wildman–Crippen MR) is 210 cm³/mol. The van der Waals surface area contributed by atoms with Gasteiger partial charge in [-0.15, -0.1) is 0 Å². The molecule has 11 aromatic rings. The molecule has 0 aliphatic carbocycles. The summed E-state index contributed by atoms with van der Waals surface area (Å²) in [5.41, 5.74) is 13.4. The van der Waals surface area contributed by atoms with Crippen molar-refractivity contribution in [3.63, 3.8) is 0 Å². The molecule has 6 heterocycles. The Morgan fingerprint density at radius 2 is 0.962 bits per heavy atom. The van der Waals surface area contributed by atoms with Crippen LogP contribution in [-0.4, -0.2) is 34.6 Å². The summed E-state index contributed by atoms with van der Waals surface area (Å²) < 4.78 is 22.4. The van der Waals surface area contributed by atoms with E-state index < -0.39 is 0 Å². The van der Waals surface area contributed by atoms with E-state index in [0.29, 0.717) is 0 Å². The van der Waals surface area contributed by atoms with Gasteiger partial charge in [-0.2, -0.15) is 0 Å².